The SMILES string of the molecule is CN1CCN(C(=O)/C=C/C2=C(Br)c3ccccc3CC2)CC1. The van der Waals surface area contributed by atoms with Gasteiger partial charge < -0.3 is 9.80 Å². The summed E-state index contributed by atoms with van der Waals surface area (Å²) in [5.41, 5.74) is 3.83. The molecule has 1 aromatic rings. The lowest BCUT2D eigenvalue weighted by Gasteiger charge is -2.31. The second-order valence-corrected chi connectivity index (χ2v) is 6.75. The third kappa shape index (κ3) is 3.33. The van der Waals surface area contributed by atoms with Crippen LogP contribution in [0.2, 0.25) is 0 Å². The van der Waals surface area contributed by atoms with E-state index in [2.05, 4.69) is 52.1 Å². The van der Waals surface area contributed by atoms with E-state index in [0.29, 0.717) is 0 Å². The lowest BCUT2D eigenvalue weighted by Crippen LogP contribution is -2.46. The fraction of sp³-hybridized carbons (Fsp3) is 0.389. The largest absolute Gasteiger partial charge is 0.337 e. The number of carbonyl (C=O) groups excluding carboxylic acids is 1. The minimum atomic E-state index is 0.125. The standard InChI is InChI=1S/C18H21BrN2O/c1-20-10-12-21(13-11-20)17(22)9-8-15-7-6-14-4-2-3-5-16(14)18(15)19/h2-5,8-9H,6-7,10-13H2,1H3/b9-8+. The van der Waals surface area contributed by atoms with Gasteiger partial charge in [0.15, 0.2) is 0 Å². The summed E-state index contributed by atoms with van der Waals surface area (Å²) in [7, 11) is 2.10. The van der Waals surface area contributed by atoms with Gasteiger partial charge >= 0.3 is 0 Å². The minimum Gasteiger partial charge on any atom is -0.337 e. The molecule has 1 heterocycles. The Morgan fingerprint density at radius 1 is 1.14 bits per heavy atom. The Hall–Kier alpha value is -1.39. The maximum absolute atomic E-state index is 12.3. The van der Waals surface area contributed by atoms with Crippen LogP contribution in [0, 0.1) is 0 Å². The second-order valence-electron chi connectivity index (χ2n) is 5.96. The van der Waals surface area contributed by atoms with Gasteiger partial charge in [-0.3, -0.25) is 4.79 Å². The van der Waals surface area contributed by atoms with Gasteiger partial charge in [-0.25, -0.2) is 0 Å². The van der Waals surface area contributed by atoms with Crippen molar-refractivity contribution in [2.24, 2.45) is 0 Å². The van der Waals surface area contributed by atoms with E-state index in [0.717, 1.165) is 43.5 Å². The summed E-state index contributed by atoms with van der Waals surface area (Å²) in [6.45, 7) is 3.56. The molecule has 0 spiro atoms. The average molecular weight is 361 g/mol. The van der Waals surface area contributed by atoms with E-state index in [1.54, 1.807) is 6.08 Å². The first-order valence-corrected chi connectivity index (χ1v) is 8.57. The zero-order valence-electron chi connectivity index (χ0n) is 12.9. The van der Waals surface area contributed by atoms with Gasteiger partial charge in [-0.05, 0) is 52.5 Å². The van der Waals surface area contributed by atoms with Crippen LogP contribution in [0.3, 0.4) is 0 Å². The van der Waals surface area contributed by atoms with Crippen molar-refractivity contribution in [2.75, 3.05) is 33.2 Å². The highest BCUT2D eigenvalue weighted by Gasteiger charge is 2.18. The summed E-state index contributed by atoms with van der Waals surface area (Å²) >= 11 is 3.70. The van der Waals surface area contributed by atoms with Gasteiger partial charge in [-0.1, -0.05) is 30.3 Å². The monoisotopic (exact) mass is 360 g/mol. The van der Waals surface area contributed by atoms with Crippen LogP contribution in [-0.4, -0.2) is 48.9 Å². The van der Waals surface area contributed by atoms with Crippen LogP contribution >= 0.6 is 15.9 Å². The van der Waals surface area contributed by atoms with Crippen molar-refractivity contribution in [1.82, 2.24) is 9.80 Å². The zero-order valence-corrected chi connectivity index (χ0v) is 14.5. The number of fused-ring (bicyclic) bond motifs is 1. The maximum Gasteiger partial charge on any atom is 0.246 e. The Labute approximate surface area is 140 Å². The first-order valence-electron chi connectivity index (χ1n) is 7.77. The average Bonchev–Trinajstić information content (AvgIpc) is 2.55. The lowest BCUT2D eigenvalue weighted by molar-refractivity contribution is -0.127. The highest BCUT2D eigenvalue weighted by atomic mass is 79.9. The Morgan fingerprint density at radius 3 is 2.64 bits per heavy atom. The van der Waals surface area contributed by atoms with Gasteiger partial charge in [-0.2, -0.15) is 0 Å². The second kappa shape index (κ2) is 6.80. The predicted molar refractivity (Wildman–Crippen MR) is 93.8 cm³/mol. The van der Waals surface area contributed by atoms with Crippen molar-refractivity contribution in [3.05, 3.63) is 53.1 Å². The number of hydrogen-bond acceptors (Lipinski definition) is 2. The molecule has 3 rings (SSSR count). The molecule has 1 amide bonds. The number of hydrogen-bond donors (Lipinski definition) is 0. The lowest BCUT2D eigenvalue weighted by atomic mass is 9.92. The number of amides is 1. The third-order valence-electron chi connectivity index (χ3n) is 4.44. The van der Waals surface area contributed by atoms with Crippen LogP contribution < -0.4 is 0 Å². The highest BCUT2D eigenvalue weighted by Crippen LogP contribution is 2.35. The summed E-state index contributed by atoms with van der Waals surface area (Å²) in [6.07, 6.45) is 5.73. The quantitative estimate of drug-likeness (QED) is 0.756. The molecule has 1 aromatic carbocycles. The van der Waals surface area contributed by atoms with Gasteiger partial charge in [0, 0.05) is 36.7 Å². The molecule has 0 atom stereocenters. The van der Waals surface area contributed by atoms with Crippen LogP contribution in [0.15, 0.2) is 42.0 Å². The van der Waals surface area contributed by atoms with Gasteiger partial charge in [0.25, 0.3) is 0 Å². The molecular weight excluding hydrogens is 340 g/mol. The van der Waals surface area contributed by atoms with Crippen LogP contribution in [-0.2, 0) is 11.2 Å². The zero-order chi connectivity index (χ0) is 15.5. The van der Waals surface area contributed by atoms with E-state index in [9.17, 15) is 4.79 Å². The van der Waals surface area contributed by atoms with Crippen molar-refractivity contribution in [1.29, 1.82) is 0 Å². The molecule has 3 nitrogen and oxygen atoms in total. The number of rotatable bonds is 2. The van der Waals surface area contributed by atoms with Crippen molar-refractivity contribution >= 4 is 26.3 Å². The minimum absolute atomic E-state index is 0.125. The molecule has 1 saturated heterocycles. The van der Waals surface area contributed by atoms with E-state index in [-0.39, 0.29) is 5.91 Å². The van der Waals surface area contributed by atoms with Crippen LogP contribution in [0.4, 0.5) is 0 Å². The summed E-state index contributed by atoms with van der Waals surface area (Å²) in [5.74, 6) is 0.125. The molecule has 0 unspecified atom stereocenters. The molecule has 0 saturated carbocycles. The number of likely N-dealkylation sites (N-methyl/N-ethyl adjacent to an activating group) is 1. The fourth-order valence-electron chi connectivity index (χ4n) is 2.97. The number of piperazine rings is 1. The molecule has 1 aliphatic heterocycles. The van der Waals surface area contributed by atoms with Crippen LogP contribution in [0.5, 0.6) is 0 Å². The molecule has 2 aliphatic rings. The molecule has 0 N–H and O–H groups in total. The summed E-state index contributed by atoms with van der Waals surface area (Å²) in [4.78, 5) is 16.5. The van der Waals surface area contributed by atoms with E-state index >= 15 is 0 Å². The van der Waals surface area contributed by atoms with E-state index in [1.807, 2.05) is 11.0 Å². The molecule has 22 heavy (non-hydrogen) atoms. The molecule has 0 aromatic heterocycles. The molecule has 1 aliphatic carbocycles. The van der Waals surface area contributed by atoms with Crippen molar-refractivity contribution in [2.45, 2.75) is 12.8 Å². The number of benzene rings is 1. The Bertz CT molecular complexity index is 628. The number of allylic oxidation sites excluding steroid dienone is 2. The smallest absolute Gasteiger partial charge is 0.246 e. The fourth-order valence-corrected chi connectivity index (χ4v) is 3.68. The topological polar surface area (TPSA) is 23.6 Å². The van der Waals surface area contributed by atoms with Crippen LogP contribution in [0.25, 0.3) is 4.48 Å². The van der Waals surface area contributed by atoms with Crippen molar-refractivity contribution in [3.63, 3.8) is 0 Å². The number of nitrogens with zero attached hydrogens (tertiary/aromatic N) is 2. The molecule has 116 valence electrons. The normalized spacial score (nSPS) is 19.6. The van der Waals surface area contributed by atoms with Gasteiger partial charge in [-0.15, -0.1) is 0 Å². The van der Waals surface area contributed by atoms with E-state index < -0.39 is 0 Å². The van der Waals surface area contributed by atoms with Gasteiger partial charge in [0.05, 0.1) is 0 Å². The first kappa shape index (κ1) is 15.5. The third-order valence-corrected chi connectivity index (χ3v) is 5.38. The summed E-state index contributed by atoms with van der Waals surface area (Å²) < 4.78 is 1.12. The van der Waals surface area contributed by atoms with E-state index in [1.165, 1.54) is 16.7 Å². The van der Waals surface area contributed by atoms with Crippen molar-refractivity contribution < 1.29 is 4.79 Å². The van der Waals surface area contributed by atoms with Crippen LogP contribution in [0.1, 0.15) is 17.5 Å². The molecule has 1 fully saturated rings. The Morgan fingerprint density at radius 2 is 1.86 bits per heavy atom. The van der Waals surface area contributed by atoms with Crippen molar-refractivity contribution in [3.8, 4) is 0 Å². The maximum atomic E-state index is 12.3. The van der Waals surface area contributed by atoms with Gasteiger partial charge in [0.1, 0.15) is 0 Å². The molecule has 0 radical (unpaired) electrons. The Balaban J connectivity index is 1.71. The molecular formula is C18H21BrN2O. The molecule has 4 heteroatoms. The summed E-state index contributed by atoms with van der Waals surface area (Å²) in [6, 6.07) is 8.44. The molecule has 0 bridgehead atoms. The highest BCUT2D eigenvalue weighted by molar-refractivity contribution is 9.15. The first-order chi connectivity index (χ1) is 10.6. The number of aryl methyl sites for hydroxylation is 1. The summed E-state index contributed by atoms with van der Waals surface area (Å²) in [5, 5.41) is 0. The van der Waals surface area contributed by atoms with Gasteiger partial charge in [0.2, 0.25) is 5.91 Å². The van der Waals surface area contributed by atoms with E-state index in [4.69, 9.17) is 0 Å². The Kier molecular flexibility index (Phi) is 4.79. The number of halogens is 1. The number of carbonyl (C=O) groups is 1. The predicted octanol–water partition coefficient (Wildman–Crippen LogP) is 3.07.